The Kier molecular flexibility index (Phi) is 4.85. The number of benzene rings is 1. The number of nitrogens with one attached hydrogen (secondary N) is 1. The van der Waals surface area contributed by atoms with Crippen LogP contribution in [0, 0.1) is 0 Å². The summed E-state index contributed by atoms with van der Waals surface area (Å²) in [7, 11) is 1.98. The highest BCUT2D eigenvalue weighted by molar-refractivity contribution is 5.51. The fraction of sp³-hybridized carbons (Fsp3) is 0.286. The van der Waals surface area contributed by atoms with E-state index in [0.717, 1.165) is 0 Å². The molecule has 1 atom stereocenters. The minimum Gasteiger partial charge on any atom is -0.314 e. The zero-order valence-corrected chi connectivity index (χ0v) is 9.70. The van der Waals surface area contributed by atoms with Gasteiger partial charge in [0, 0.05) is 6.04 Å². The van der Waals surface area contributed by atoms with Crippen LogP contribution in [0.15, 0.2) is 48.1 Å². The Balaban J connectivity index is 2.60. The lowest BCUT2D eigenvalue weighted by Crippen LogP contribution is -2.21. The van der Waals surface area contributed by atoms with Gasteiger partial charge in [-0.25, -0.2) is 0 Å². The van der Waals surface area contributed by atoms with Gasteiger partial charge in [0.05, 0.1) is 0 Å². The molecular weight excluding hydrogens is 182 g/mol. The van der Waals surface area contributed by atoms with Gasteiger partial charge >= 0.3 is 0 Å². The van der Waals surface area contributed by atoms with Gasteiger partial charge < -0.3 is 5.32 Å². The Morgan fingerprint density at radius 2 is 1.93 bits per heavy atom. The number of rotatable bonds is 4. The van der Waals surface area contributed by atoms with Crippen LogP contribution in [-0.2, 0) is 0 Å². The zero-order valence-electron chi connectivity index (χ0n) is 9.70. The van der Waals surface area contributed by atoms with E-state index >= 15 is 0 Å². The molecule has 0 bridgehead atoms. The number of hydrogen-bond acceptors (Lipinski definition) is 1. The third-order valence-corrected chi connectivity index (χ3v) is 2.56. The van der Waals surface area contributed by atoms with Gasteiger partial charge in [-0.15, -0.1) is 0 Å². The van der Waals surface area contributed by atoms with Crippen molar-refractivity contribution in [3.8, 4) is 0 Å². The molecule has 1 N–H and O–H groups in total. The summed E-state index contributed by atoms with van der Waals surface area (Å²) in [5.41, 5.74) is 2.57. The van der Waals surface area contributed by atoms with Crippen molar-refractivity contribution in [1.82, 2.24) is 5.32 Å². The predicted molar refractivity (Wildman–Crippen MR) is 67.8 cm³/mol. The van der Waals surface area contributed by atoms with E-state index in [1.165, 1.54) is 11.1 Å². The average Bonchev–Trinajstić information content (AvgIpc) is 2.29. The predicted octanol–water partition coefficient (Wildman–Crippen LogP) is 3.25. The van der Waals surface area contributed by atoms with Crippen LogP contribution in [0.25, 0.3) is 6.08 Å². The lowest BCUT2D eigenvalue weighted by atomic mass is 10.1. The van der Waals surface area contributed by atoms with Crippen molar-refractivity contribution in [2.75, 3.05) is 7.05 Å². The van der Waals surface area contributed by atoms with E-state index in [4.69, 9.17) is 0 Å². The van der Waals surface area contributed by atoms with Gasteiger partial charge in [-0.2, -0.15) is 0 Å². The Morgan fingerprint density at radius 1 is 1.27 bits per heavy atom. The minimum atomic E-state index is 0.436. The number of allylic oxidation sites excluding steroid dienone is 2. The van der Waals surface area contributed by atoms with Crippen molar-refractivity contribution in [3.63, 3.8) is 0 Å². The first kappa shape index (κ1) is 11.7. The van der Waals surface area contributed by atoms with Crippen LogP contribution in [0.5, 0.6) is 0 Å². The largest absolute Gasteiger partial charge is 0.314 e. The second-order valence-corrected chi connectivity index (χ2v) is 3.69. The first-order valence-corrected chi connectivity index (χ1v) is 5.31. The molecule has 1 heteroatoms. The molecule has 0 aromatic heterocycles. The molecule has 0 aliphatic carbocycles. The van der Waals surface area contributed by atoms with Gasteiger partial charge in [0.1, 0.15) is 0 Å². The molecule has 0 unspecified atom stereocenters. The van der Waals surface area contributed by atoms with E-state index < -0.39 is 0 Å². The van der Waals surface area contributed by atoms with Crippen molar-refractivity contribution in [2.45, 2.75) is 19.9 Å². The summed E-state index contributed by atoms with van der Waals surface area (Å²) >= 11 is 0. The highest BCUT2D eigenvalue weighted by atomic mass is 14.8. The normalized spacial score (nSPS) is 14.5. The molecule has 0 spiro atoms. The monoisotopic (exact) mass is 201 g/mol. The second-order valence-electron chi connectivity index (χ2n) is 3.69. The van der Waals surface area contributed by atoms with Crippen LogP contribution >= 0.6 is 0 Å². The van der Waals surface area contributed by atoms with Gasteiger partial charge in [-0.3, -0.25) is 0 Å². The van der Waals surface area contributed by atoms with E-state index in [2.05, 4.69) is 49.5 Å². The van der Waals surface area contributed by atoms with E-state index in [1.807, 2.05) is 25.2 Å². The Labute approximate surface area is 92.5 Å². The van der Waals surface area contributed by atoms with Crippen molar-refractivity contribution >= 4 is 6.08 Å². The lowest BCUT2D eigenvalue weighted by molar-refractivity contribution is 0.692. The summed E-state index contributed by atoms with van der Waals surface area (Å²) in [5.74, 6) is 0. The molecule has 1 rings (SSSR count). The van der Waals surface area contributed by atoms with Crippen LogP contribution in [-0.4, -0.2) is 13.1 Å². The van der Waals surface area contributed by atoms with E-state index in [9.17, 15) is 0 Å². The van der Waals surface area contributed by atoms with Crippen LogP contribution in [0.1, 0.15) is 19.4 Å². The highest BCUT2D eigenvalue weighted by Gasteiger charge is 1.96. The van der Waals surface area contributed by atoms with Crippen molar-refractivity contribution in [3.05, 3.63) is 53.6 Å². The lowest BCUT2D eigenvalue weighted by Gasteiger charge is -2.08. The summed E-state index contributed by atoms with van der Waals surface area (Å²) in [6, 6.07) is 10.8. The standard InChI is InChI=1S/C14H19N/c1-12(13(2)15-3)8-7-11-14-9-5-4-6-10-14/h4-11,13,15H,1-3H3/b11-7-,12-8+/t13-/m0/s1. The van der Waals surface area contributed by atoms with Gasteiger partial charge in [0.2, 0.25) is 0 Å². The molecule has 1 aromatic carbocycles. The maximum atomic E-state index is 3.21. The molecule has 0 saturated heterocycles. The van der Waals surface area contributed by atoms with E-state index in [0.29, 0.717) is 6.04 Å². The first-order chi connectivity index (χ1) is 7.24. The van der Waals surface area contributed by atoms with E-state index in [1.54, 1.807) is 0 Å². The topological polar surface area (TPSA) is 12.0 Å². The molecule has 0 fully saturated rings. The van der Waals surface area contributed by atoms with Crippen molar-refractivity contribution < 1.29 is 0 Å². The van der Waals surface area contributed by atoms with Gasteiger partial charge in [0.15, 0.2) is 0 Å². The molecule has 0 heterocycles. The van der Waals surface area contributed by atoms with Crippen molar-refractivity contribution in [2.24, 2.45) is 0 Å². The maximum Gasteiger partial charge on any atom is 0.0248 e. The van der Waals surface area contributed by atoms with Gasteiger partial charge in [-0.1, -0.05) is 54.1 Å². The Hall–Kier alpha value is -1.34. The minimum absolute atomic E-state index is 0.436. The smallest absolute Gasteiger partial charge is 0.0248 e. The van der Waals surface area contributed by atoms with Crippen LogP contribution < -0.4 is 5.32 Å². The number of hydrogen-bond donors (Lipinski definition) is 1. The van der Waals surface area contributed by atoms with Crippen LogP contribution in [0.2, 0.25) is 0 Å². The van der Waals surface area contributed by atoms with E-state index in [-0.39, 0.29) is 0 Å². The molecule has 80 valence electrons. The quantitative estimate of drug-likeness (QED) is 0.737. The molecule has 0 aliphatic heterocycles. The summed E-state index contributed by atoms with van der Waals surface area (Å²) in [6.07, 6.45) is 6.36. The molecule has 0 radical (unpaired) electrons. The summed E-state index contributed by atoms with van der Waals surface area (Å²) in [6.45, 7) is 4.29. The molecule has 0 amide bonds. The SMILES string of the molecule is CN[C@@H](C)/C(C)=C/C=C\c1ccccc1. The summed E-state index contributed by atoms with van der Waals surface area (Å²) < 4.78 is 0. The summed E-state index contributed by atoms with van der Waals surface area (Å²) in [5, 5.41) is 3.21. The molecule has 0 saturated carbocycles. The zero-order chi connectivity index (χ0) is 11.1. The molecule has 15 heavy (non-hydrogen) atoms. The molecular formula is C14H19N. The van der Waals surface area contributed by atoms with Crippen LogP contribution in [0.3, 0.4) is 0 Å². The summed E-state index contributed by atoms with van der Waals surface area (Å²) in [4.78, 5) is 0. The molecule has 0 aliphatic rings. The highest BCUT2D eigenvalue weighted by Crippen LogP contribution is 2.04. The van der Waals surface area contributed by atoms with Crippen LogP contribution in [0.4, 0.5) is 0 Å². The van der Waals surface area contributed by atoms with Gasteiger partial charge in [-0.05, 0) is 26.5 Å². The fourth-order valence-corrected chi connectivity index (χ4v) is 1.25. The third kappa shape index (κ3) is 4.13. The molecule has 1 nitrogen and oxygen atoms in total. The maximum absolute atomic E-state index is 3.21. The fourth-order valence-electron chi connectivity index (χ4n) is 1.25. The third-order valence-electron chi connectivity index (χ3n) is 2.56. The van der Waals surface area contributed by atoms with Gasteiger partial charge in [0.25, 0.3) is 0 Å². The average molecular weight is 201 g/mol. The van der Waals surface area contributed by atoms with Crippen molar-refractivity contribution in [1.29, 1.82) is 0 Å². The Morgan fingerprint density at radius 3 is 2.53 bits per heavy atom. The first-order valence-electron chi connectivity index (χ1n) is 5.31. The number of likely N-dealkylation sites (N-methyl/N-ethyl adjacent to an activating group) is 1. The second kappa shape index (κ2) is 6.20. The molecule has 1 aromatic rings. The Bertz CT molecular complexity index is 336.